The van der Waals surface area contributed by atoms with E-state index < -0.39 is 0 Å². The summed E-state index contributed by atoms with van der Waals surface area (Å²) in [6, 6.07) is 20.5. The highest BCUT2D eigenvalue weighted by molar-refractivity contribution is 5.34. The SMILES string of the molecule is CN1CCN(CCOc2ccc(C#N)cc2)C(c2ccccc2)C1. The third-order valence-corrected chi connectivity index (χ3v) is 4.51. The van der Waals surface area contributed by atoms with Crippen LogP contribution in [0, 0.1) is 11.3 Å². The Morgan fingerprint density at radius 2 is 1.83 bits per heavy atom. The van der Waals surface area contributed by atoms with E-state index in [2.05, 4.69) is 53.2 Å². The molecule has 0 radical (unpaired) electrons. The lowest BCUT2D eigenvalue weighted by molar-refractivity contribution is 0.0763. The summed E-state index contributed by atoms with van der Waals surface area (Å²) in [6.45, 7) is 4.72. The molecule has 1 atom stereocenters. The molecule has 0 amide bonds. The molecule has 1 saturated heterocycles. The van der Waals surface area contributed by atoms with E-state index in [0.717, 1.165) is 31.9 Å². The van der Waals surface area contributed by atoms with E-state index in [1.54, 1.807) is 12.1 Å². The van der Waals surface area contributed by atoms with Crippen LogP contribution in [0.15, 0.2) is 54.6 Å². The van der Waals surface area contributed by atoms with Crippen LogP contribution < -0.4 is 4.74 Å². The molecule has 4 nitrogen and oxygen atoms in total. The molecule has 0 saturated carbocycles. The second kappa shape index (κ2) is 7.96. The van der Waals surface area contributed by atoms with Crippen molar-refractivity contribution in [1.82, 2.24) is 9.80 Å². The van der Waals surface area contributed by atoms with E-state index in [4.69, 9.17) is 10.00 Å². The van der Waals surface area contributed by atoms with Crippen LogP contribution in [0.1, 0.15) is 17.2 Å². The Morgan fingerprint density at radius 3 is 2.54 bits per heavy atom. The minimum atomic E-state index is 0.412. The number of piperazine rings is 1. The van der Waals surface area contributed by atoms with Crippen molar-refractivity contribution in [2.75, 3.05) is 39.8 Å². The molecule has 1 fully saturated rings. The predicted molar refractivity (Wildman–Crippen MR) is 94.9 cm³/mol. The molecule has 0 aliphatic carbocycles. The topological polar surface area (TPSA) is 39.5 Å². The summed E-state index contributed by atoms with van der Waals surface area (Å²) in [6.07, 6.45) is 0. The third kappa shape index (κ3) is 4.14. The van der Waals surface area contributed by atoms with Gasteiger partial charge in [0.25, 0.3) is 0 Å². The number of rotatable bonds is 5. The Morgan fingerprint density at radius 1 is 1.08 bits per heavy atom. The van der Waals surface area contributed by atoms with Gasteiger partial charge in [0.2, 0.25) is 0 Å². The molecule has 1 heterocycles. The lowest BCUT2D eigenvalue weighted by atomic mass is 10.0. The number of hydrogen-bond donors (Lipinski definition) is 0. The van der Waals surface area contributed by atoms with E-state index in [1.807, 2.05) is 12.1 Å². The molecular weight excluding hydrogens is 298 g/mol. The Hall–Kier alpha value is -2.35. The van der Waals surface area contributed by atoms with Gasteiger partial charge in [-0.2, -0.15) is 5.26 Å². The van der Waals surface area contributed by atoms with Crippen molar-refractivity contribution < 1.29 is 4.74 Å². The Kier molecular flexibility index (Phi) is 5.47. The molecular formula is C20H23N3O. The second-order valence-electron chi connectivity index (χ2n) is 6.21. The second-order valence-corrected chi connectivity index (χ2v) is 6.21. The highest BCUT2D eigenvalue weighted by atomic mass is 16.5. The summed E-state index contributed by atoms with van der Waals surface area (Å²) in [5, 5.41) is 8.83. The zero-order valence-corrected chi connectivity index (χ0v) is 14.1. The van der Waals surface area contributed by atoms with Crippen LogP contribution in [0.3, 0.4) is 0 Å². The van der Waals surface area contributed by atoms with Crippen molar-refractivity contribution in [1.29, 1.82) is 5.26 Å². The minimum Gasteiger partial charge on any atom is -0.492 e. The number of ether oxygens (including phenoxy) is 1. The smallest absolute Gasteiger partial charge is 0.119 e. The minimum absolute atomic E-state index is 0.412. The summed E-state index contributed by atoms with van der Waals surface area (Å²) in [4.78, 5) is 4.88. The predicted octanol–water partition coefficient (Wildman–Crippen LogP) is 2.93. The van der Waals surface area contributed by atoms with Crippen molar-refractivity contribution in [3.8, 4) is 11.8 Å². The summed E-state index contributed by atoms with van der Waals surface area (Å²) >= 11 is 0. The summed E-state index contributed by atoms with van der Waals surface area (Å²) in [5.74, 6) is 0.819. The Balaban J connectivity index is 1.59. The molecule has 124 valence electrons. The van der Waals surface area contributed by atoms with Crippen LogP contribution in [0.25, 0.3) is 0 Å². The van der Waals surface area contributed by atoms with Gasteiger partial charge in [-0.25, -0.2) is 0 Å². The van der Waals surface area contributed by atoms with Gasteiger partial charge in [-0.05, 0) is 36.9 Å². The van der Waals surface area contributed by atoms with Gasteiger partial charge in [0.15, 0.2) is 0 Å². The molecule has 0 bridgehead atoms. The van der Waals surface area contributed by atoms with E-state index in [9.17, 15) is 0 Å². The van der Waals surface area contributed by atoms with Crippen LogP contribution in [0.2, 0.25) is 0 Å². The first-order valence-corrected chi connectivity index (χ1v) is 8.37. The average Bonchev–Trinajstić information content (AvgIpc) is 2.64. The Labute approximate surface area is 143 Å². The summed E-state index contributed by atoms with van der Waals surface area (Å²) in [5.41, 5.74) is 2.02. The average molecular weight is 321 g/mol. The number of hydrogen-bond acceptors (Lipinski definition) is 4. The molecule has 0 aromatic heterocycles. The fourth-order valence-electron chi connectivity index (χ4n) is 3.12. The van der Waals surface area contributed by atoms with E-state index in [-0.39, 0.29) is 0 Å². The number of benzene rings is 2. The maximum absolute atomic E-state index is 8.83. The molecule has 2 aromatic rings. The van der Waals surface area contributed by atoms with Gasteiger partial charge in [-0.15, -0.1) is 0 Å². The van der Waals surface area contributed by atoms with Crippen LogP contribution in [0.4, 0.5) is 0 Å². The number of likely N-dealkylation sites (N-methyl/N-ethyl adjacent to an activating group) is 1. The lowest BCUT2D eigenvalue weighted by Crippen LogP contribution is -2.47. The summed E-state index contributed by atoms with van der Waals surface area (Å²) in [7, 11) is 2.18. The van der Waals surface area contributed by atoms with Gasteiger partial charge >= 0.3 is 0 Å². The molecule has 1 unspecified atom stereocenters. The van der Waals surface area contributed by atoms with Crippen LogP contribution in [-0.2, 0) is 0 Å². The van der Waals surface area contributed by atoms with Crippen molar-refractivity contribution in [2.24, 2.45) is 0 Å². The van der Waals surface area contributed by atoms with Gasteiger partial charge in [0, 0.05) is 32.2 Å². The first-order valence-electron chi connectivity index (χ1n) is 8.37. The summed E-state index contributed by atoms with van der Waals surface area (Å²) < 4.78 is 5.85. The van der Waals surface area contributed by atoms with Gasteiger partial charge in [-0.3, -0.25) is 4.90 Å². The first-order chi connectivity index (χ1) is 11.8. The highest BCUT2D eigenvalue weighted by Gasteiger charge is 2.26. The van der Waals surface area contributed by atoms with Gasteiger partial charge in [-0.1, -0.05) is 30.3 Å². The van der Waals surface area contributed by atoms with E-state index in [0.29, 0.717) is 18.2 Å². The normalized spacial score (nSPS) is 18.9. The zero-order chi connectivity index (χ0) is 16.8. The van der Waals surface area contributed by atoms with Crippen molar-refractivity contribution in [2.45, 2.75) is 6.04 Å². The van der Waals surface area contributed by atoms with Gasteiger partial charge < -0.3 is 9.64 Å². The van der Waals surface area contributed by atoms with E-state index in [1.165, 1.54) is 5.56 Å². The molecule has 4 heteroatoms. The lowest BCUT2D eigenvalue weighted by Gasteiger charge is -2.40. The number of nitriles is 1. The molecule has 24 heavy (non-hydrogen) atoms. The van der Waals surface area contributed by atoms with Crippen molar-refractivity contribution in [3.63, 3.8) is 0 Å². The molecule has 3 rings (SSSR count). The van der Waals surface area contributed by atoms with Crippen LogP contribution in [0.5, 0.6) is 5.75 Å². The molecule has 0 spiro atoms. The quantitative estimate of drug-likeness (QED) is 0.849. The molecule has 1 aliphatic heterocycles. The van der Waals surface area contributed by atoms with Gasteiger partial charge in [0.05, 0.1) is 11.6 Å². The Bertz CT molecular complexity index is 678. The molecule has 2 aromatic carbocycles. The van der Waals surface area contributed by atoms with Crippen molar-refractivity contribution in [3.05, 3.63) is 65.7 Å². The van der Waals surface area contributed by atoms with Crippen LogP contribution in [-0.4, -0.2) is 49.6 Å². The molecule has 0 N–H and O–H groups in total. The standard InChI is InChI=1S/C20H23N3O/c1-22-11-12-23(20(16-22)18-5-3-2-4-6-18)13-14-24-19-9-7-17(15-21)8-10-19/h2-10,20H,11-14,16H2,1H3. The highest BCUT2D eigenvalue weighted by Crippen LogP contribution is 2.24. The molecule has 1 aliphatic rings. The largest absolute Gasteiger partial charge is 0.492 e. The van der Waals surface area contributed by atoms with Crippen LogP contribution >= 0.6 is 0 Å². The fourth-order valence-corrected chi connectivity index (χ4v) is 3.12. The van der Waals surface area contributed by atoms with Crippen molar-refractivity contribution >= 4 is 0 Å². The first kappa shape index (κ1) is 16.5. The number of nitrogens with zero attached hydrogens (tertiary/aromatic N) is 3. The fraction of sp³-hybridized carbons (Fsp3) is 0.350. The van der Waals surface area contributed by atoms with Gasteiger partial charge in [0.1, 0.15) is 12.4 Å². The maximum Gasteiger partial charge on any atom is 0.119 e. The zero-order valence-electron chi connectivity index (χ0n) is 14.1. The van der Waals surface area contributed by atoms with E-state index >= 15 is 0 Å². The maximum atomic E-state index is 8.83. The third-order valence-electron chi connectivity index (χ3n) is 4.51. The monoisotopic (exact) mass is 321 g/mol.